The van der Waals surface area contributed by atoms with E-state index in [1.165, 1.54) is 18.2 Å². The normalized spacial score (nSPS) is 12.4. The summed E-state index contributed by atoms with van der Waals surface area (Å²) in [6.07, 6.45) is 0.913. The molecule has 0 heterocycles. The lowest BCUT2D eigenvalue weighted by Crippen LogP contribution is -2.22. The summed E-state index contributed by atoms with van der Waals surface area (Å²) < 4.78 is 25.7. The number of aliphatic hydroxyl groups excluding tert-OH is 1. The number of aryl methyl sites for hydroxylation is 1. The van der Waals surface area contributed by atoms with Crippen LogP contribution in [0, 0.1) is 0 Å². The average molecular weight is 489 g/mol. The van der Waals surface area contributed by atoms with E-state index in [2.05, 4.69) is 5.32 Å². The first-order valence-electron chi connectivity index (χ1n) is 10.3. The third kappa shape index (κ3) is 6.33. The van der Waals surface area contributed by atoms with Gasteiger partial charge in [-0.05, 0) is 73.0 Å². The van der Waals surface area contributed by atoms with Gasteiger partial charge in [-0.15, -0.1) is 0 Å². The predicted octanol–water partition coefficient (Wildman–Crippen LogP) is 3.23. The van der Waals surface area contributed by atoms with Gasteiger partial charge in [0.1, 0.15) is 5.75 Å². The van der Waals surface area contributed by atoms with E-state index >= 15 is 0 Å². The molecule has 0 fully saturated rings. The third-order valence-corrected chi connectivity index (χ3v) is 7.21. The number of sulfone groups is 1. The van der Waals surface area contributed by atoms with E-state index in [1.54, 1.807) is 36.4 Å². The molecule has 7 nitrogen and oxygen atoms in total. The zero-order valence-electron chi connectivity index (χ0n) is 17.7. The zero-order valence-corrected chi connectivity index (χ0v) is 19.3. The van der Waals surface area contributed by atoms with Gasteiger partial charge in [0, 0.05) is 11.6 Å². The first-order valence-corrected chi connectivity index (χ1v) is 12.2. The molecule has 0 spiro atoms. The zero-order chi connectivity index (χ0) is 24.0. The highest BCUT2D eigenvalue weighted by atomic mass is 35.5. The van der Waals surface area contributed by atoms with Gasteiger partial charge in [-0.25, -0.2) is 8.42 Å². The lowest BCUT2D eigenvalue weighted by molar-refractivity contribution is 0.0997. The van der Waals surface area contributed by atoms with Crippen molar-refractivity contribution in [3.05, 3.63) is 88.4 Å². The Morgan fingerprint density at radius 3 is 2.27 bits per heavy atom. The van der Waals surface area contributed by atoms with E-state index in [0.717, 1.165) is 36.1 Å². The van der Waals surface area contributed by atoms with Crippen LogP contribution in [0.3, 0.4) is 0 Å². The van der Waals surface area contributed by atoms with Crippen LogP contribution in [0.15, 0.2) is 76.5 Å². The molecule has 0 saturated heterocycles. The SMILES string of the molecule is NC(=O)c1cc(S(=O)(=O)c2ccc(CCCNC[C@@H](O)c3ccc(Cl)cc3)cc2)ccc1O. The molecule has 5 N–H and O–H groups in total. The second kappa shape index (κ2) is 10.8. The van der Waals surface area contributed by atoms with E-state index in [-0.39, 0.29) is 21.1 Å². The molecule has 1 amide bonds. The Balaban J connectivity index is 1.53. The second-order valence-corrected chi connectivity index (χ2v) is 9.95. The maximum Gasteiger partial charge on any atom is 0.252 e. The minimum atomic E-state index is -3.86. The summed E-state index contributed by atoms with van der Waals surface area (Å²) in [4.78, 5) is 11.4. The first-order chi connectivity index (χ1) is 15.7. The monoisotopic (exact) mass is 488 g/mol. The standard InChI is InChI=1S/C24H25ClN2O5S/c25-18-7-5-17(6-8-18)23(29)15-27-13-1-2-16-3-9-19(10-4-16)33(31,32)20-11-12-22(28)21(14-20)24(26)30/h3-12,14,23,27-29H,1-2,13,15H2,(H2,26,30)/t23-/m1/s1. The van der Waals surface area contributed by atoms with Crippen molar-refractivity contribution in [1.29, 1.82) is 0 Å². The van der Waals surface area contributed by atoms with Crippen molar-refractivity contribution in [2.45, 2.75) is 28.7 Å². The minimum absolute atomic E-state index is 0.0802. The van der Waals surface area contributed by atoms with Gasteiger partial charge >= 0.3 is 0 Å². The fraction of sp³-hybridized carbons (Fsp3) is 0.208. The molecule has 0 unspecified atom stereocenters. The second-order valence-electron chi connectivity index (χ2n) is 7.57. The van der Waals surface area contributed by atoms with E-state index < -0.39 is 21.8 Å². The van der Waals surface area contributed by atoms with Crippen LogP contribution < -0.4 is 11.1 Å². The summed E-state index contributed by atoms with van der Waals surface area (Å²) in [5, 5.41) is 23.7. The molecule has 0 aliphatic heterocycles. The fourth-order valence-corrected chi connectivity index (χ4v) is 4.72. The first kappa shape index (κ1) is 24.7. The van der Waals surface area contributed by atoms with Gasteiger partial charge in [0.25, 0.3) is 5.91 Å². The van der Waals surface area contributed by atoms with Gasteiger partial charge < -0.3 is 21.3 Å². The van der Waals surface area contributed by atoms with Gasteiger partial charge in [-0.3, -0.25) is 4.79 Å². The summed E-state index contributed by atoms with van der Waals surface area (Å²) in [5.74, 6) is -1.28. The van der Waals surface area contributed by atoms with Crippen LogP contribution in [0.1, 0.15) is 34.0 Å². The van der Waals surface area contributed by atoms with Gasteiger partial charge in [0.15, 0.2) is 0 Å². The molecule has 0 aliphatic rings. The number of rotatable bonds is 10. The molecule has 0 radical (unpaired) electrons. The topological polar surface area (TPSA) is 130 Å². The van der Waals surface area contributed by atoms with Crippen molar-refractivity contribution >= 4 is 27.3 Å². The number of carbonyl (C=O) groups is 1. The summed E-state index contributed by atoms with van der Waals surface area (Å²) >= 11 is 5.85. The number of hydrogen-bond donors (Lipinski definition) is 4. The van der Waals surface area contributed by atoms with Crippen molar-refractivity contribution in [2.75, 3.05) is 13.1 Å². The summed E-state index contributed by atoms with van der Waals surface area (Å²) in [6.45, 7) is 1.10. The van der Waals surface area contributed by atoms with E-state index in [0.29, 0.717) is 18.1 Å². The van der Waals surface area contributed by atoms with Crippen molar-refractivity contribution in [1.82, 2.24) is 5.32 Å². The smallest absolute Gasteiger partial charge is 0.252 e. The number of amides is 1. The van der Waals surface area contributed by atoms with Crippen LogP contribution in [0.2, 0.25) is 5.02 Å². The molecule has 0 saturated carbocycles. The molecule has 3 aromatic rings. The largest absolute Gasteiger partial charge is 0.507 e. The molecule has 3 aromatic carbocycles. The lowest BCUT2D eigenvalue weighted by atomic mass is 10.1. The number of carbonyl (C=O) groups excluding carboxylic acids is 1. The Labute approximate surface area is 197 Å². The molecular weight excluding hydrogens is 464 g/mol. The number of aliphatic hydroxyl groups is 1. The summed E-state index contributed by atoms with van der Waals surface area (Å²) in [7, 11) is -3.86. The Hall–Kier alpha value is -2.91. The molecule has 9 heteroatoms. The lowest BCUT2D eigenvalue weighted by Gasteiger charge is -2.12. The molecule has 0 aromatic heterocycles. The van der Waals surface area contributed by atoms with Crippen LogP contribution in [0.25, 0.3) is 0 Å². The number of hydrogen-bond acceptors (Lipinski definition) is 6. The number of aromatic hydroxyl groups is 1. The highest BCUT2D eigenvalue weighted by molar-refractivity contribution is 7.91. The third-order valence-electron chi connectivity index (χ3n) is 5.19. The number of halogens is 1. The Morgan fingerprint density at radius 2 is 1.64 bits per heavy atom. The van der Waals surface area contributed by atoms with E-state index in [4.69, 9.17) is 17.3 Å². The van der Waals surface area contributed by atoms with Crippen molar-refractivity contribution in [3.63, 3.8) is 0 Å². The van der Waals surface area contributed by atoms with E-state index in [1.807, 2.05) is 0 Å². The molecular formula is C24H25ClN2O5S. The average Bonchev–Trinajstić information content (AvgIpc) is 2.79. The van der Waals surface area contributed by atoms with E-state index in [9.17, 15) is 23.4 Å². The van der Waals surface area contributed by atoms with Crippen LogP contribution in [-0.2, 0) is 16.3 Å². The quantitative estimate of drug-likeness (QED) is 0.324. The summed E-state index contributed by atoms with van der Waals surface area (Å²) in [5.41, 5.74) is 6.70. The van der Waals surface area contributed by atoms with Crippen LogP contribution in [0.5, 0.6) is 5.75 Å². The fourth-order valence-electron chi connectivity index (χ4n) is 3.31. The summed E-state index contributed by atoms with van der Waals surface area (Å²) in [6, 6.07) is 17.0. The van der Waals surface area contributed by atoms with Crippen LogP contribution >= 0.6 is 11.6 Å². The number of nitrogens with one attached hydrogen (secondary N) is 1. The number of benzene rings is 3. The Kier molecular flexibility index (Phi) is 8.10. The molecule has 0 bridgehead atoms. The molecule has 3 rings (SSSR count). The maximum atomic E-state index is 12.9. The number of phenols is 1. The predicted molar refractivity (Wildman–Crippen MR) is 126 cm³/mol. The molecule has 0 aliphatic carbocycles. The van der Waals surface area contributed by atoms with Crippen LogP contribution in [-0.4, -0.2) is 37.6 Å². The minimum Gasteiger partial charge on any atom is -0.507 e. The van der Waals surface area contributed by atoms with Gasteiger partial charge in [0.2, 0.25) is 9.84 Å². The van der Waals surface area contributed by atoms with Crippen molar-refractivity contribution in [2.24, 2.45) is 5.73 Å². The molecule has 1 atom stereocenters. The molecule has 174 valence electrons. The van der Waals surface area contributed by atoms with Gasteiger partial charge in [0.05, 0.1) is 21.5 Å². The number of nitrogens with two attached hydrogens (primary N) is 1. The molecule has 33 heavy (non-hydrogen) atoms. The van der Waals surface area contributed by atoms with Crippen LogP contribution in [0.4, 0.5) is 0 Å². The maximum absolute atomic E-state index is 12.9. The van der Waals surface area contributed by atoms with Gasteiger partial charge in [-0.1, -0.05) is 35.9 Å². The van der Waals surface area contributed by atoms with Gasteiger partial charge in [-0.2, -0.15) is 0 Å². The highest BCUT2D eigenvalue weighted by Gasteiger charge is 2.20. The highest BCUT2D eigenvalue weighted by Crippen LogP contribution is 2.26. The Bertz CT molecular complexity index is 1210. The van der Waals surface area contributed by atoms with Crippen molar-refractivity contribution in [3.8, 4) is 5.75 Å². The van der Waals surface area contributed by atoms with Crippen molar-refractivity contribution < 1.29 is 23.4 Å². The number of primary amides is 1. The Morgan fingerprint density at radius 1 is 1.00 bits per heavy atom.